The first-order chi connectivity index (χ1) is 17.4. The fraction of sp³-hybridized carbons (Fsp3) is 0.115. The minimum absolute atomic E-state index is 0.124. The van der Waals surface area contributed by atoms with Crippen molar-refractivity contribution in [1.29, 1.82) is 0 Å². The van der Waals surface area contributed by atoms with Crippen LogP contribution in [0.25, 0.3) is 22.6 Å². The van der Waals surface area contributed by atoms with E-state index in [0.29, 0.717) is 28.5 Å². The standard InChI is InChI=1S/C26H22FN7O2/c1-16-7-10-20(11-8-16)33-15-22(25(30-33)18-5-4-6-21(13-18)36-3)26(35)28-19-9-12-23(27)24(14-19)34-17(2)29-31-32-34/h4-15H,1-3H3,(H,28,35). The summed E-state index contributed by atoms with van der Waals surface area (Å²) in [7, 11) is 1.58. The van der Waals surface area contributed by atoms with Gasteiger partial charge >= 0.3 is 0 Å². The van der Waals surface area contributed by atoms with E-state index in [-0.39, 0.29) is 5.69 Å². The predicted molar refractivity (Wildman–Crippen MR) is 132 cm³/mol. The lowest BCUT2D eigenvalue weighted by molar-refractivity contribution is 0.102. The molecule has 0 aliphatic rings. The van der Waals surface area contributed by atoms with Crippen LogP contribution in [0.15, 0.2) is 72.9 Å². The number of nitrogens with one attached hydrogen (secondary N) is 1. The van der Waals surface area contributed by atoms with Crippen LogP contribution in [0.3, 0.4) is 0 Å². The number of benzene rings is 3. The Morgan fingerprint density at radius 2 is 1.83 bits per heavy atom. The number of halogens is 1. The molecular formula is C26H22FN7O2. The molecule has 0 aliphatic heterocycles. The Kier molecular flexibility index (Phi) is 5.99. The number of hydrogen-bond donors (Lipinski definition) is 1. The van der Waals surface area contributed by atoms with Gasteiger partial charge < -0.3 is 10.1 Å². The van der Waals surface area contributed by atoms with Gasteiger partial charge in [-0.3, -0.25) is 4.79 Å². The number of anilines is 1. The molecule has 0 atom stereocenters. The van der Waals surface area contributed by atoms with Crippen molar-refractivity contribution in [1.82, 2.24) is 30.0 Å². The highest BCUT2D eigenvalue weighted by molar-refractivity contribution is 6.08. The number of carbonyl (C=O) groups is 1. The highest BCUT2D eigenvalue weighted by atomic mass is 19.1. The van der Waals surface area contributed by atoms with Gasteiger partial charge in [0.15, 0.2) is 5.82 Å². The van der Waals surface area contributed by atoms with Crippen LogP contribution in [-0.2, 0) is 0 Å². The van der Waals surface area contributed by atoms with Crippen LogP contribution in [0.5, 0.6) is 5.75 Å². The summed E-state index contributed by atoms with van der Waals surface area (Å²) in [4.78, 5) is 13.5. The van der Waals surface area contributed by atoms with Crippen LogP contribution in [0.4, 0.5) is 10.1 Å². The minimum Gasteiger partial charge on any atom is -0.497 e. The summed E-state index contributed by atoms with van der Waals surface area (Å²) < 4.78 is 22.8. The first-order valence-corrected chi connectivity index (χ1v) is 11.1. The van der Waals surface area contributed by atoms with Gasteiger partial charge in [-0.25, -0.2) is 9.07 Å². The molecule has 3 aromatic carbocycles. The molecule has 0 saturated heterocycles. The number of ether oxygens (including phenoxy) is 1. The Balaban J connectivity index is 1.54. The minimum atomic E-state index is -0.521. The zero-order valence-corrected chi connectivity index (χ0v) is 19.8. The summed E-state index contributed by atoms with van der Waals surface area (Å²) in [6.07, 6.45) is 1.67. The van der Waals surface area contributed by atoms with Crippen LogP contribution >= 0.6 is 0 Å². The van der Waals surface area contributed by atoms with E-state index >= 15 is 0 Å². The summed E-state index contributed by atoms with van der Waals surface area (Å²) in [5.74, 6) is 0.130. The molecule has 0 saturated carbocycles. The van der Waals surface area contributed by atoms with E-state index in [1.165, 1.54) is 22.9 Å². The number of nitrogens with zero attached hydrogens (tertiary/aromatic N) is 6. The van der Waals surface area contributed by atoms with E-state index < -0.39 is 11.7 Å². The third-order valence-electron chi connectivity index (χ3n) is 5.66. The molecule has 0 fully saturated rings. The van der Waals surface area contributed by atoms with Gasteiger partial charge in [-0.2, -0.15) is 9.78 Å². The zero-order valence-electron chi connectivity index (χ0n) is 19.8. The lowest BCUT2D eigenvalue weighted by atomic mass is 10.1. The quantitative estimate of drug-likeness (QED) is 0.381. The fourth-order valence-electron chi connectivity index (χ4n) is 3.76. The van der Waals surface area contributed by atoms with Gasteiger partial charge in [0, 0.05) is 17.4 Å². The summed E-state index contributed by atoms with van der Waals surface area (Å²) in [5, 5.41) is 18.7. The monoisotopic (exact) mass is 483 g/mol. The summed E-state index contributed by atoms with van der Waals surface area (Å²) >= 11 is 0. The fourth-order valence-corrected chi connectivity index (χ4v) is 3.76. The number of carbonyl (C=O) groups excluding carboxylic acids is 1. The lowest BCUT2D eigenvalue weighted by Gasteiger charge is -2.09. The summed E-state index contributed by atoms with van der Waals surface area (Å²) in [6.45, 7) is 3.66. The van der Waals surface area contributed by atoms with Crippen LogP contribution in [0.2, 0.25) is 0 Å². The Hall–Kier alpha value is -4.86. The van der Waals surface area contributed by atoms with Gasteiger partial charge in [0.1, 0.15) is 22.9 Å². The molecule has 0 bridgehead atoms. The molecule has 5 aromatic rings. The third-order valence-corrected chi connectivity index (χ3v) is 5.66. The van der Waals surface area contributed by atoms with E-state index in [0.717, 1.165) is 16.8 Å². The molecule has 2 aromatic heterocycles. The van der Waals surface area contributed by atoms with Gasteiger partial charge in [0.25, 0.3) is 5.91 Å². The first-order valence-electron chi connectivity index (χ1n) is 11.1. The molecule has 36 heavy (non-hydrogen) atoms. The van der Waals surface area contributed by atoms with Gasteiger partial charge in [-0.05, 0) is 66.7 Å². The second-order valence-electron chi connectivity index (χ2n) is 8.16. The highest BCUT2D eigenvalue weighted by Gasteiger charge is 2.20. The van der Waals surface area contributed by atoms with Gasteiger partial charge in [0.2, 0.25) is 0 Å². The van der Waals surface area contributed by atoms with Crippen LogP contribution < -0.4 is 10.1 Å². The SMILES string of the molecule is COc1cccc(-c2nn(-c3ccc(C)cc3)cc2C(=O)Nc2ccc(F)c(-n3nnnc3C)c2)c1. The Morgan fingerprint density at radius 3 is 2.56 bits per heavy atom. The van der Waals surface area contributed by atoms with Crippen LogP contribution in [-0.4, -0.2) is 43.0 Å². The number of aromatic nitrogens is 6. The number of amides is 1. The van der Waals surface area contributed by atoms with Crippen molar-refractivity contribution in [2.45, 2.75) is 13.8 Å². The molecule has 2 heterocycles. The molecule has 0 spiro atoms. The van der Waals surface area contributed by atoms with E-state index in [4.69, 9.17) is 9.84 Å². The van der Waals surface area contributed by atoms with Crippen LogP contribution in [0.1, 0.15) is 21.7 Å². The highest BCUT2D eigenvalue weighted by Crippen LogP contribution is 2.28. The van der Waals surface area contributed by atoms with Gasteiger partial charge in [-0.15, -0.1) is 5.10 Å². The molecule has 1 amide bonds. The number of hydrogen-bond acceptors (Lipinski definition) is 6. The van der Waals surface area contributed by atoms with Gasteiger partial charge in [0.05, 0.1) is 18.4 Å². The smallest absolute Gasteiger partial charge is 0.259 e. The van der Waals surface area contributed by atoms with E-state index in [2.05, 4.69) is 20.8 Å². The number of aryl methyl sites for hydroxylation is 2. The summed E-state index contributed by atoms with van der Waals surface area (Å²) in [6, 6.07) is 19.4. The Morgan fingerprint density at radius 1 is 1.03 bits per heavy atom. The maximum Gasteiger partial charge on any atom is 0.259 e. The predicted octanol–water partition coefficient (Wildman–Crippen LogP) is 4.53. The third kappa shape index (κ3) is 4.43. The van der Waals surface area contributed by atoms with E-state index in [1.807, 2.05) is 55.5 Å². The molecule has 9 nitrogen and oxygen atoms in total. The second-order valence-corrected chi connectivity index (χ2v) is 8.16. The zero-order chi connectivity index (χ0) is 25.2. The molecule has 10 heteroatoms. The topological polar surface area (TPSA) is 99.8 Å². The largest absolute Gasteiger partial charge is 0.497 e. The molecular weight excluding hydrogens is 461 g/mol. The van der Waals surface area contributed by atoms with E-state index in [1.54, 1.807) is 24.9 Å². The van der Waals surface area contributed by atoms with Crippen molar-refractivity contribution >= 4 is 11.6 Å². The number of methoxy groups -OCH3 is 1. The van der Waals surface area contributed by atoms with E-state index in [9.17, 15) is 9.18 Å². The average Bonchev–Trinajstić information content (AvgIpc) is 3.52. The van der Waals surface area contributed by atoms with Gasteiger partial charge in [-0.1, -0.05) is 29.8 Å². The van der Waals surface area contributed by atoms with Crippen molar-refractivity contribution in [3.05, 3.63) is 95.7 Å². The normalized spacial score (nSPS) is 10.9. The number of tetrazole rings is 1. The summed E-state index contributed by atoms with van der Waals surface area (Å²) in [5.41, 5.74) is 3.96. The maximum absolute atomic E-state index is 14.5. The molecule has 5 rings (SSSR count). The second kappa shape index (κ2) is 9.41. The molecule has 0 radical (unpaired) electrons. The van der Waals surface area contributed by atoms with Crippen molar-refractivity contribution in [3.63, 3.8) is 0 Å². The van der Waals surface area contributed by atoms with Crippen molar-refractivity contribution in [3.8, 4) is 28.4 Å². The molecule has 1 N–H and O–H groups in total. The molecule has 0 aliphatic carbocycles. The van der Waals surface area contributed by atoms with Crippen molar-refractivity contribution in [2.75, 3.05) is 12.4 Å². The maximum atomic E-state index is 14.5. The van der Waals surface area contributed by atoms with Crippen LogP contribution in [0, 0.1) is 19.7 Å². The Bertz CT molecular complexity index is 1560. The number of rotatable bonds is 6. The van der Waals surface area contributed by atoms with Crippen molar-refractivity contribution in [2.24, 2.45) is 0 Å². The molecule has 180 valence electrons. The first kappa shape index (κ1) is 22.9. The van der Waals surface area contributed by atoms with Crippen molar-refractivity contribution < 1.29 is 13.9 Å². The molecule has 0 unspecified atom stereocenters. The Labute approximate surface area is 206 Å². The lowest BCUT2D eigenvalue weighted by Crippen LogP contribution is -2.13. The average molecular weight is 484 g/mol.